The average molecular weight is 300 g/mol. The van der Waals surface area contributed by atoms with E-state index in [1.807, 2.05) is 0 Å². The first-order chi connectivity index (χ1) is 9.20. The van der Waals surface area contributed by atoms with E-state index in [0.29, 0.717) is 12.5 Å². The van der Waals surface area contributed by atoms with Gasteiger partial charge in [-0.3, -0.25) is 4.79 Å². The van der Waals surface area contributed by atoms with Gasteiger partial charge in [0.15, 0.2) is 0 Å². The molecule has 0 unspecified atom stereocenters. The van der Waals surface area contributed by atoms with Gasteiger partial charge in [0.25, 0.3) is 5.91 Å². The number of carbonyl (C=O) groups is 1. The van der Waals surface area contributed by atoms with Gasteiger partial charge in [0.05, 0.1) is 4.90 Å². The maximum Gasteiger partial charge on any atom is 0.254 e. The third-order valence-corrected chi connectivity index (χ3v) is 4.47. The highest BCUT2D eigenvalue weighted by Gasteiger charge is 2.27. The Morgan fingerprint density at radius 2 is 2.05 bits per heavy atom. The largest absolute Gasteiger partial charge is 0.341 e. The fraction of sp³-hybridized carbons (Fsp3) is 0.462. The van der Waals surface area contributed by atoms with E-state index in [0.717, 1.165) is 25.0 Å². The van der Waals surface area contributed by atoms with Gasteiger partial charge >= 0.3 is 0 Å². The maximum atomic E-state index is 13.5. The fourth-order valence-electron chi connectivity index (χ4n) is 2.15. The first-order valence-electron chi connectivity index (χ1n) is 6.28. The van der Waals surface area contributed by atoms with Crippen molar-refractivity contribution in [1.29, 1.82) is 0 Å². The van der Waals surface area contributed by atoms with Gasteiger partial charge in [0, 0.05) is 19.2 Å². The molecule has 5 nitrogen and oxygen atoms in total. The molecule has 1 aliphatic carbocycles. The molecule has 0 radical (unpaired) electrons. The summed E-state index contributed by atoms with van der Waals surface area (Å²) in [5, 5.41) is 5.04. The van der Waals surface area contributed by atoms with Crippen molar-refractivity contribution in [2.75, 3.05) is 13.6 Å². The Morgan fingerprint density at radius 3 is 2.55 bits per heavy atom. The highest BCUT2D eigenvalue weighted by Crippen LogP contribution is 2.30. The van der Waals surface area contributed by atoms with Gasteiger partial charge < -0.3 is 4.90 Å². The van der Waals surface area contributed by atoms with E-state index in [9.17, 15) is 17.6 Å². The molecule has 0 atom stereocenters. The summed E-state index contributed by atoms with van der Waals surface area (Å²) in [6.45, 7) is 2.05. The summed E-state index contributed by atoms with van der Waals surface area (Å²) in [6, 6.07) is 1.89. The monoisotopic (exact) mass is 300 g/mol. The Labute approximate surface area is 117 Å². The molecular formula is C13H17FN2O3S. The van der Waals surface area contributed by atoms with E-state index in [4.69, 9.17) is 5.14 Å². The van der Waals surface area contributed by atoms with E-state index in [2.05, 4.69) is 0 Å². The third kappa shape index (κ3) is 3.16. The Morgan fingerprint density at radius 1 is 1.45 bits per heavy atom. The predicted octanol–water partition coefficient (Wildman–Crippen LogP) is 1.26. The number of benzene rings is 1. The predicted molar refractivity (Wildman–Crippen MR) is 72.2 cm³/mol. The van der Waals surface area contributed by atoms with Crippen molar-refractivity contribution in [3.05, 3.63) is 29.1 Å². The number of nitrogens with two attached hydrogens (primary N) is 1. The Bertz CT molecular complexity index is 654. The zero-order chi connectivity index (χ0) is 15.1. The van der Waals surface area contributed by atoms with E-state index >= 15 is 0 Å². The maximum absolute atomic E-state index is 13.5. The number of sulfonamides is 1. The molecule has 2 rings (SSSR count). The number of hydrogen-bond acceptors (Lipinski definition) is 3. The van der Waals surface area contributed by atoms with Crippen LogP contribution in [0.5, 0.6) is 0 Å². The first kappa shape index (κ1) is 14.9. The third-order valence-electron chi connectivity index (χ3n) is 3.44. The lowest BCUT2D eigenvalue weighted by Gasteiger charge is -2.19. The van der Waals surface area contributed by atoms with Gasteiger partial charge in [0.1, 0.15) is 5.82 Å². The van der Waals surface area contributed by atoms with Gasteiger partial charge in [0.2, 0.25) is 10.0 Å². The minimum atomic E-state index is -4.06. The molecule has 0 aliphatic heterocycles. The molecule has 2 N–H and O–H groups in total. The molecule has 1 aromatic carbocycles. The zero-order valence-electron chi connectivity index (χ0n) is 11.4. The molecule has 7 heteroatoms. The topological polar surface area (TPSA) is 80.5 Å². The molecule has 1 fully saturated rings. The molecule has 110 valence electrons. The van der Waals surface area contributed by atoms with E-state index < -0.39 is 15.8 Å². The van der Waals surface area contributed by atoms with Gasteiger partial charge in [-0.25, -0.2) is 17.9 Å². The van der Waals surface area contributed by atoms with Crippen LogP contribution in [0.25, 0.3) is 0 Å². The van der Waals surface area contributed by atoms with Crippen molar-refractivity contribution in [2.45, 2.75) is 24.7 Å². The van der Waals surface area contributed by atoms with E-state index in [1.165, 1.54) is 11.8 Å². The lowest BCUT2D eigenvalue weighted by atomic mass is 10.1. The summed E-state index contributed by atoms with van der Waals surface area (Å²) < 4.78 is 36.4. The van der Waals surface area contributed by atoms with Crippen LogP contribution in [-0.2, 0) is 10.0 Å². The van der Waals surface area contributed by atoms with Crippen molar-refractivity contribution < 1.29 is 17.6 Å². The number of nitrogens with zero attached hydrogens (tertiary/aromatic N) is 1. The van der Waals surface area contributed by atoms with Crippen molar-refractivity contribution in [3.8, 4) is 0 Å². The lowest BCUT2D eigenvalue weighted by Crippen LogP contribution is -2.30. The Balaban J connectivity index is 2.40. The van der Waals surface area contributed by atoms with E-state index in [-0.39, 0.29) is 21.9 Å². The Hall–Kier alpha value is -1.47. The highest BCUT2D eigenvalue weighted by molar-refractivity contribution is 7.89. The van der Waals surface area contributed by atoms with Crippen LogP contribution in [-0.4, -0.2) is 32.8 Å². The molecule has 0 saturated heterocycles. The summed E-state index contributed by atoms with van der Waals surface area (Å²) in [7, 11) is -2.43. The van der Waals surface area contributed by atoms with Crippen LogP contribution >= 0.6 is 0 Å². The zero-order valence-corrected chi connectivity index (χ0v) is 12.2. The summed E-state index contributed by atoms with van der Waals surface area (Å²) in [5.74, 6) is -0.683. The number of halogens is 1. The summed E-state index contributed by atoms with van der Waals surface area (Å²) in [6.07, 6.45) is 2.17. The van der Waals surface area contributed by atoms with Gasteiger partial charge in [-0.15, -0.1) is 0 Å². The SMILES string of the molecule is Cc1c(C(=O)N(C)CC2CC2)cc(F)cc1S(N)(=O)=O. The molecule has 0 bridgehead atoms. The highest BCUT2D eigenvalue weighted by atomic mass is 32.2. The second kappa shape index (κ2) is 5.14. The van der Waals surface area contributed by atoms with Crippen molar-refractivity contribution in [2.24, 2.45) is 11.1 Å². The molecular weight excluding hydrogens is 283 g/mol. The standard InChI is InChI=1S/C13H17FN2O3S/c1-8-11(13(17)16(2)7-9-3-4-9)5-10(14)6-12(8)20(15,18)19/h5-6,9H,3-4,7H2,1-2H3,(H2,15,18,19). The number of rotatable bonds is 4. The molecule has 0 spiro atoms. The quantitative estimate of drug-likeness (QED) is 0.909. The average Bonchev–Trinajstić information content (AvgIpc) is 3.13. The van der Waals surface area contributed by atoms with Crippen LogP contribution in [0.2, 0.25) is 0 Å². The van der Waals surface area contributed by atoms with Crippen LogP contribution in [0.3, 0.4) is 0 Å². The van der Waals surface area contributed by atoms with Crippen molar-refractivity contribution in [3.63, 3.8) is 0 Å². The van der Waals surface area contributed by atoms with E-state index in [1.54, 1.807) is 7.05 Å². The smallest absolute Gasteiger partial charge is 0.254 e. The van der Waals surface area contributed by atoms with Crippen LogP contribution < -0.4 is 5.14 Å². The van der Waals surface area contributed by atoms with Crippen LogP contribution in [0, 0.1) is 18.7 Å². The fourth-order valence-corrected chi connectivity index (χ4v) is 2.96. The summed E-state index contributed by atoms with van der Waals surface area (Å²) >= 11 is 0. The number of carbonyl (C=O) groups excluding carboxylic acids is 1. The number of hydrogen-bond donors (Lipinski definition) is 1. The molecule has 1 amide bonds. The van der Waals surface area contributed by atoms with Gasteiger partial charge in [-0.1, -0.05) is 0 Å². The minimum absolute atomic E-state index is 0.0391. The number of primary sulfonamides is 1. The van der Waals surface area contributed by atoms with Gasteiger partial charge in [-0.2, -0.15) is 0 Å². The second-order valence-corrected chi connectivity index (χ2v) is 6.78. The Kier molecular flexibility index (Phi) is 3.84. The molecule has 1 aliphatic rings. The second-order valence-electron chi connectivity index (χ2n) is 5.25. The van der Waals surface area contributed by atoms with Crippen LogP contribution in [0.15, 0.2) is 17.0 Å². The normalized spacial score (nSPS) is 15.2. The lowest BCUT2D eigenvalue weighted by molar-refractivity contribution is 0.0787. The van der Waals surface area contributed by atoms with Crippen molar-refractivity contribution >= 4 is 15.9 Å². The first-order valence-corrected chi connectivity index (χ1v) is 7.83. The summed E-state index contributed by atoms with van der Waals surface area (Å²) in [4.78, 5) is 13.4. The van der Waals surface area contributed by atoms with Crippen molar-refractivity contribution in [1.82, 2.24) is 4.90 Å². The molecule has 20 heavy (non-hydrogen) atoms. The molecule has 1 saturated carbocycles. The summed E-state index contributed by atoms with van der Waals surface area (Å²) in [5.41, 5.74) is 0.221. The van der Waals surface area contributed by atoms with Crippen LogP contribution in [0.1, 0.15) is 28.8 Å². The molecule has 1 aromatic rings. The molecule has 0 heterocycles. The van der Waals surface area contributed by atoms with Crippen LogP contribution in [0.4, 0.5) is 4.39 Å². The van der Waals surface area contributed by atoms with Gasteiger partial charge in [-0.05, 0) is 43.4 Å². The minimum Gasteiger partial charge on any atom is -0.341 e. The molecule has 0 aromatic heterocycles. The number of amides is 1.